The third-order valence-corrected chi connectivity index (χ3v) is 3.32. The number of nitrogens with one attached hydrogen (secondary N) is 1. The molecule has 4 nitrogen and oxygen atoms in total. The zero-order valence-electron chi connectivity index (χ0n) is 9.73. The second kappa shape index (κ2) is 5.46. The minimum absolute atomic E-state index is 0.456. The lowest BCUT2D eigenvalue weighted by Gasteiger charge is -2.32. The predicted molar refractivity (Wildman–Crippen MR) is 63.1 cm³/mol. The molecule has 0 radical (unpaired) electrons. The topological polar surface area (TPSA) is 50.1 Å². The third kappa shape index (κ3) is 3.32. The lowest BCUT2D eigenvalue weighted by atomic mass is 9.85. The van der Waals surface area contributed by atoms with Crippen LogP contribution in [0, 0.1) is 0 Å². The summed E-state index contributed by atoms with van der Waals surface area (Å²) in [5, 5.41) is 17.7. The first kappa shape index (κ1) is 11.6. The fraction of sp³-hybridized carbons (Fsp3) is 0.750. The van der Waals surface area contributed by atoms with E-state index in [2.05, 4.69) is 10.4 Å². The van der Waals surface area contributed by atoms with E-state index in [4.69, 9.17) is 0 Å². The van der Waals surface area contributed by atoms with E-state index in [0.717, 1.165) is 38.8 Å². The van der Waals surface area contributed by atoms with Gasteiger partial charge in [-0.05, 0) is 18.9 Å². The molecule has 0 spiro atoms. The molecule has 1 aliphatic carbocycles. The van der Waals surface area contributed by atoms with Gasteiger partial charge in [-0.3, -0.25) is 4.68 Å². The Morgan fingerprint density at radius 3 is 2.81 bits per heavy atom. The van der Waals surface area contributed by atoms with Crippen molar-refractivity contribution in [2.45, 2.75) is 44.2 Å². The molecule has 1 heterocycles. The number of aromatic nitrogens is 2. The predicted octanol–water partition coefficient (Wildman–Crippen LogP) is 1.17. The minimum Gasteiger partial charge on any atom is -0.389 e. The van der Waals surface area contributed by atoms with Crippen molar-refractivity contribution in [3.05, 3.63) is 18.5 Å². The molecule has 2 N–H and O–H groups in total. The summed E-state index contributed by atoms with van der Waals surface area (Å²) < 4.78 is 1.90. The molecule has 0 saturated heterocycles. The molecule has 0 aliphatic heterocycles. The van der Waals surface area contributed by atoms with E-state index < -0.39 is 5.60 Å². The normalized spacial score (nSPS) is 19.8. The van der Waals surface area contributed by atoms with Gasteiger partial charge in [-0.1, -0.05) is 19.3 Å². The lowest BCUT2D eigenvalue weighted by molar-refractivity contribution is 0.00491. The van der Waals surface area contributed by atoms with E-state index in [1.54, 1.807) is 6.20 Å². The van der Waals surface area contributed by atoms with Crippen LogP contribution in [-0.2, 0) is 6.54 Å². The Bertz CT molecular complexity index is 291. The van der Waals surface area contributed by atoms with E-state index in [9.17, 15) is 5.11 Å². The zero-order valence-corrected chi connectivity index (χ0v) is 9.73. The molecule has 0 unspecified atom stereocenters. The van der Waals surface area contributed by atoms with Crippen molar-refractivity contribution in [2.24, 2.45) is 0 Å². The van der Waals surface area contributed by atoms with Gasteiger partial charge in [0.2, 0.25) is 0 Å². The average molecular weight is 223 g/mol. The Hall–Kier alpha value is -0.870. The summed E-state index contributed by atoms with van der Waals surface area (Å²) in [5.41, 5.74) is -0.456. The number of hydrogen-bond donors (Lipinski definition) is 2. The molecule has 0 atom stereocenters. The fourth-order valence-electron chi connectivity index (χ4n) is 2.33. The van der Waals surface area contributed by atoms with E-state index in [-0.39, 0.29) is 0 Å². The summed E-state index contributed by atoms with van der Waals surface area (Å²) in [4.78, 5) is 0. The molecule has 1 fully saturated rings. The second-order valence-electron chi connectivity index (χ2n) is 4.73. The molecule has 4 heteroatoms. The van der Waals surface area contributed by atoms with Crippen LogP contribution in [0.15, 0.2) is 18.5 Å². The van der Waals surface area contributed by atoms with Crippen LogP contribution in [0.4, 0.5) is 0 Å². The number of hydrogen-bond acceptors (Lipinski definition) is 3. The number of nitrogens with zero attached hydrogens (tertiary/aromatic N) is 2. The van der Waals surface area contributed by atoms with Crippen LogP contribution in [-0.4, -0.2) is 33.6 Å². The summed E-state index contributed by atoms with van der Waals surface area (Å²) in [6.07, 6.45) is 9.24. The first-order valence-corrected chi connectivity index (χ1v) is 6.19. The Morgan fingerprint density at radius 1 is 1.31 bits per heavy atom. The Balaban J connectivity index is 1.63. The summed E-state index contributed by atoms with van der Waals surface area (Å²) in [6, 6.07) is 1.93. The highest BCUT2D eigenvalue weighted by atomic mass is 16.3. The van der Waals surface area contributed by atoms with Gasteiger partial charge in [-0.2, -0.15) is 5.10 Å². The van der Waals surface area contributed by atoms with Crippen molar-refractivity contribution in [3.8, 4) is 0 Å². The molecule has 0 amide bonds. The summed E-state index contributed by atoms with van der Waals surface area (Å²) in [7, 11) is 0. The number of rotatable bonds is 5. The Morgan fingerprint density at radius 2 is 2.12 bits per heavy atom. The molecule has 1 aliphatic rings. The smallest absolute Gasteiger partial charge is 0.0771 e. The van der Waals surface area contributed by atoms with Crippen LogP contribution in [0.25, 0.3) is 0 Å². The molecular formula is C12H21N3O. The van der Waals surface area contributed by atoms with Gasteiger partial charge in [0, 0.05) is 25.5 Å². The van der Waals surface area contributed by atoms with Crippen molar-refractivity contribution in [1.82, 2.24) is 15.1 Å². The lowest BCUT2D eigenvalue weighted by Crippen LogP contribution is -2.42. The van der Waals surface area contributed by atoms with Crippen molar-refractivity contribution in [1.29, 1.82) is 0 Å². The number of aliphatic hydroxyl groups is 1. The van der Waals surface area contributed by atoms with Crippen LogP contribution in [0.2, 0.25) is 0 Å². The van der Waals surface area contributed by atoms with Gasteiger partial charge in [0.05, 0.1) is 12.1 Å². The van der Waals surface area contributed by atoms with Gasteiger partial charge in [-0.25, -0.2) is 0 Å². The maximum Gasteiger partial charge on any atom is 0.0771 e. The third-order valence-electron chi connectivity index (χ3n) is 3.32. The quantitative estimate of drug-likeness (QED) is 0.737. The Kier molecular flexibility index (Phi) is 3.96. The van der Waals surface area contributed by atoms with Crippen molar-refractivity contribution in [2.75, 3.05) is 13.1 Å². The molecule has 1 aromatic heterocycles. The highest BCUT2D eigenvalue weighted by Crippen LogP contribution is 2.27. The van der Waals surface area contributed by atoms with Crippen LogP contribution in [0.1, 0.15) is 32.1 Å². The standard InChI is InChI=1S/C12H21N3O/c16-12(5-2-1-3-6-12)11-13-8-10-15-9-4-7-14-15/h4,7,9,13,16H,1-3,5-6,8,10-11H2. The van der Waals surface area contributed by atoms with Crippen molar-refractivity contribution < 1.29 is 5.11 Å². The van der Waals surface area contributed by atoms with Gasteiger partial charge < -0.3 is 10.4 Å². The summed E-state index contributed by atoms with van der Waals surface area (Å²) in [6.45, 7) is 2.45. The Labute approximate surface area is 96.7 Å². The van der Waals surface area contributed by atoms with Crippen molar-refractivity contribution >= 4 is 0 Å². The molecule has 0 aromatic carbocycles. The highest BCUT2D eigenvalue weighted by molar-refractivity contribution is 4.84. The van der Waals surface area contributed by atoms with Gasteiger partial charge >= 0.3 is 0 Å². The van der Waals surface area contributed by atoms with Crippen LogP contribution >= 0.6 is 0 Å². The first-order valence-electron chi connectivity index (χ1n) is 6.19. The monoisotopic (exact) mass is 223 g/mol. The van der Waals surface area contributed by atoms with E-state index in [1.165, 1.54) is 6.42 Å². The van der Waals surface area contributed by atoms with Gasteiger partial charge in [0.1, 0.15) is 0 Å². The first-order chi connectivity index (χ1) is 7.79. The molecule has 2 rings (SSSR count). The molecule has 0 bridgehead atoms. The van der Waals surface area contributed by atoms with Gasteiger partial charge in [0.15, 0.2) is 0 Å². The second-order valence-corrected chi connectivity index (χ2v) is 4.73. The molecule has 1 aromatic rings. The van der Waals surface area contributed by atoms with E-state index >= 15 is 0 Å². The van der Waals surface area contributed by atoms with E-state index in [0.29, 0.717) is 6.54 Å². The fourth-order valence-corrected chi connectivity index (χ4v) is 2.33. The minimum atomic E-state index is -0.456. The van der Waals surface area contributed by atoms with Crippen LogP contribution in [0.5, 0.6) is 0 Å². The maximum absolute atomic E-state index is 10.2. The van der Waals surface area contributed by atoms with Gasteiger partial charge in [0.25, 0.3) is 0 Å². The van der Waals surface area contributed by atoms with Gasteiger partial charge in [-0.15, -0.1) is 0 Å². The zero-order chi connectivity index (χ0) is 11.3. The molecule has 90 valence electrons. The largest absolute Gasteiger partial charge is 0.389 e. The van der Waals surface area contributed by atoms with Crippen molar-refractivity contribution in [3.63, 3.8) is 0 Å². The highest BCUT2D eigenvalue weighted by Gasteiger charge is 2.28. The van der Waals surface area contributed by atoms with Crippen LogP contribution < -0.4 is 5.32 Å². The average Bonchev–Trinajstić information content (AvgIpc) is 2.78. The van der Waals surface area contributed by atoms with Crippen LogP contribution in [0.3, 0.4) is 0 Å². The SMILES string of the molecule is OC1(CNCCn2cccn2)CCCCC1. The molecular weight excluding hydrogens is 202 g/mol. The summed E-state index contributed by atoms with van der Waals surface area (Å²) >= 11 is 0. The van der Waals surface area contributed by atoms with E-state index in [1.807, 2.05) is 16.9 Å². The maximum atomic E-state index is 10.2. The molecule has 16 heavy (non-hydrogen) atoms. The molecule has 1 saturated carbocycles. The summed E-state index contributed by atoms with van der Waals surface area (Å²) in [5.74, 6) is 0.